The second kappa shape index (κ2) is 7.04. The molecule has 0 aliphatic carbocycles. The highest BCUT2D eigenvalue weighted by Crippen LogP contribution is 2.23. The Labute approximate surface area is 118 Å². The van der Waals surface area contributed by atoms with Crippen molar-refractivity contribution in [1.82, 2.24) is 20.2 Å². The van der Waals surface area contributed by atoms with Gasteiger partial charge in [-0.05, 0) is 12.8 Å². The van der Waals surface area contributed by atoms with E-state index in [0.29, 0.717) is 5.95 Å². The van der Waals surface area contributed by atoms with E-state index in [1.807, 2.05) is 7.05 Å². The van der Waals surface area contributed by atoms with E-state index in [9.17, 15) is 0 Å². The molecule has 0 amide bonds. The second-order valence-electron chi connectivity index (χ2n) is 4.70. The second-order valence-corrected chi connectivity index (χ2v) is 4.70. The molecule has 2 rings (SSSR count). The Hall–Kier alpha value is -1.89. The standard InChI is InChI=1S/C13H22N6O/c1-4-6-14-13-16-11-10(9-15-18-11)12(17-13)19(2)7-5-8-20-3/h9H,4-8H2,1-3H3,(H2,14,15,16,17,18). The first-order chi connectivity index (χ1) is 9.76. The van der Waals surface area contributed by atoms with Crippen molar-refractivity contribution in [2.24, 2.45) is 0 Å². The van der Waals surface area contributed by atoms with E-state index in [-0.39, 0.29) is 0 Å². The van der Waals surface area contributed by atoms with Crippen LogP contribution in [0.1, 0.15) is 19.8 Å². The summed E-state index contributed by atoms with van der Waals surface area (Å²) in [4.78, 5) is 11.1. The minimum atomic E-state index is 0.636. The number of nitrogens with zero attached hydrogens (tertiary/aromatic N) is 4. The minimum Gasteiger partial charge on any atom is -0.385 e. The first-order valence-corrected chi connectivity index (χ1v) is 6.91. The van der Waals surface area contributed by atoms with Crippen LogP contribution in [0.3, 0.4) is 0 Å². The largest absolute Gasteiger partial charge is 0.385 e. The van der Waals surface area contributed by atoms with Gasteiger partial charge in [0.05, 0.1) is 11.6 Å². The van der Waals surface area contributed by atoms with E-state index in [1.165, 1.54) is 0 Å². The molecule has 0 spiro atoms. The van der Waals surface area contributed by atoms with E-state index >= 15 is 0 Å². The van der Waals surface area contributed by atoms with Gasteiger partial charge in [0.2, 0.25) is 5.95 Å². The summed E-state index contributed by atoms with van der Waals surface area (Å²) in [6, 6.07) is 0. The molecule has 0 aliphatic heterocycles. The van der Waals surface area contributed by atoms with Gasteiger partial charge in [0.15, 0.2) is 5.65 Å². The molecule has 110 valence electrons. The van der Waals surface area contributed by atoms with Crippen LogP contribution in [0.5, 0.6) is 0 Å². The van der Waals surface area contributed by atoms with Gasteiger partial charge in [-0.25, -0.2) is 0 Å². The fourth-order valence-corrected chi connectivity index (χ4v) is 1.98. The van der Waals surface area contributed by atoms with Crippen molar-refractivity contribution in [2.45, 2.75) is 19.8 Å². The molecular weight excluding hydrogens is 256 g/mol. The van der Waals surface area contributed by atoms with Crippen molar-refractivity contribution in [1.29, 1.82) is 0 Å². The predicted molar refractivity (Wildman–Crippen MR) is 80.2 cm³/mol. The Kier molecular flexibility index (Phi) is 5.11. The lowest BCUT2D eigenvalue weighted by Gasteiger charge is -2.19. The van der Waals surface area contributed by atoms with E-state index < -0.39 is 0 Å². The average molecular weight is 278 g/mol. The monoisotopic (exact) mass is 278 g/mol. The summed E-state index contributed by atoms with van der Waals surface area (Å²) in [6.07, 6.45) is 3.75. The molecule has 0 atom stereocenters. The summed E-state index contributed by atoms with van der Waals surface area (Å²) in [5.74, 6) is 1.52. The summed E-state index contributed by atoms with van der Waals surface area (Å²) in [5, 5.41) is 11.1. The Morgan fingerprint density at radius 3 is 3.00 bits per heavy atom. The van der Waals surface area contributed by atoms with Crippen LogP contribution in [0.4, 0.5) is 11.8 Å². The minimum absolute atomic E-state index is 0.636. The summed E-state index contributed by atoms with van der Waals surface area (Å²) >= 11 is 0. The summed E-state index contributed by atoms with van der Waals surface area (Å²) in [6.45, 7) is 4.58. The number of anilines is 2. The number of H-pyrrole nitrogens is 1. The van der Waals surface area contributed by atoms with Crippen molar-refractivity contribution in [3.05, 3.63) is 6.20 Å². The number of ether oxygens (including phenoxy) is 1. The van der Waals surface area contributed by atoms with Crippen molar-refractivity contribution in [3.63, 3.8) is 0 Å². The summed E-state index contributed by atoms with van der Waals surface area (Å²) < 4.78 is 5.09. The first kappa shape index (κ1) is 14.5. The van der Waals surface area contributed by atoms with Gasteiger partial charge < -0.3 is 15.0 Å². The topological polar surface area (TPSA) is 79.0 Å². The number of rotatable bonds is 8. The van der Waals surface area contributed by atoms with E-state index in [1.54, 1.807) is 13.3 Å². The first-order valence-electron chi connectivity index (χ1n) is 6.91. The van der Waals surface area contributed by atoms with E-state index in [4.69, 9.17) is 4.74 Å². The number of hydrogen-bond donors (Lipinski definition) is 2. The SMILES string of the molecule is CCCNc1nc(N(C)CCCOC)c2cn[nH]c2n1. The maximum absolute atomic E-state index is 5.09. The average Bonchev–Trinajstić information content (AvgIpc) is 2.92. The van der Waals surface area contributed by atoms with Crippen LogP contribution in [-0.4, -0.2) is 54.0 Å². The van der Waals surface area contributed by atoms with Crippen LogP contribution in [0.25, 0.3) is 11.0 Å². The fourth-order valence-electron chi connectivity index (χ4n) is 1.98. The number of aromatic nitrogens is 4. The maximum atomic E-state index is 5.09. The molecule has 0 bridgehead atoms. The highest BCUT2D eigenvalue weighted by atomic mass is 16.5. The zero-order chi connectivity index (χ0) is 14.4. The van der Waals surface area contributed by atoms with Crippen molar-refractivity contribution in [3.8, 4) is 0 Å². The molecule has 7 nitrogen and oxygen atoms in total. The molecule has 0 fully saturated rings. The van der Waals surface area contributed by atoms with Crippen molar-refractivity contribution >= 4 is 22.8 Å². The molecule has 0 unspecified atom stereocenters. The number of fused-ring (bicyclic) bond motifs is 1. The Morgan fingerprint density at radius 2 is 2.25 bits per heavy atom. The molecule has 20 heavy (non-hydrogen) atoms. The van der Waals surface area contributed by atoms with E-state index in [2.05, 4.69) is 37.3 Å². The molecular formula is C13H22N6O. The van der Waals surface area contributed by atoms with Gasteiger partial charge >= 0.3 is 0 Å². The third-order valence-corrected chi connectivity index (χ3v) is 3.03. The Balaban J connectivity index is 2.22. The van der Waals surface area contributed by atoms with Gasteiger partial charge in [0.25, 0.3) is 0 Å². The lowest BCUT2D eigenvalue weighted by molar-refractivity contribution is 0.196. The van der Waals surface area contributed by atoms with Gasteiger partial charge in [0.1, 0.15) is 5.82 Å². The number of aromatic amines is 1. The van der Waals surface area contributed by atoms with Gasteiger partial charge in [-0.1, -0.05) is 6.92 Å². The van der Waals surface area contributed by atoms with Gasteiger partial charge in [-0.2, -0.15) is 15.1 Å². The third kappa shape index (κ3) is 3.36. The van der Waals surface area contributed by atoms with Crippen LogP contribution < -0.4 is 10.2 Å². The highest BCUT2D eigenvalue weighted by molar-refractivity contribution is 5.87. The Morgan fingerprint density at radius 1 is 1.40 bits per heavy atom. The van der Waals surface area contributed by atoms with Crippen molar-refractivity contribution in [2.75, 3.05) is 44.1 Å². The van der Waals surface area contributed by atoms with Gasteiger partial charge in [0, 0.05) is 33.9 Å². The van der Waals surface area contributed by atoms with E-state index in [0.717, 1.165) is 49.4 Å². The summed E-state index contributed by atoms with van der Waals surface area (Å²) in [7, 11) is 3.74. The zero-order valence-electron chi connectivity index (χ0n) is 12.3. The van der Waals surface area contributed by atoms with Crippen LogP contribution in [-0.2, 0) is 4.74 Å². The number of nitrogens with one attached hydrogen (secondary N) is 2. The Bertz CT molecular complexity index is 541. The predicted octanol–water partition coefficient (Wildman–Crippen LogP) is 1.65. The maximum Gasteiger partial charge on any atom is 0.226 e. The molecule has 2 aromatic heterocycles. The smallest absolute Gasteiger partial charge is 0.226 e. The van der Waals surface area contributed by atoms with Crippen LogP contribution in [0.15, 0.2) is 6.20 Å². The molecule has 0 radical (unpaired) electrons. The lowest BCUT2D eigenvalue weighted by Crippen LogP contribution is -2.22. The van der Waals surface area contributed by atoms with Gasteiger partial charge in [-0.15, -0.1) is 0 Å². The molecule has 7 heteroatoms. The highest BCUT2D eigenvalue weighted by Gasteiger charge is 2.12. The summed E-state index contributed by atoms with van der Waals surface area (Å²) in [5.41, 5.74) is 0.757. The van der Waals surface area contributed by atoms with Gasteiger partial charge in [-0.3, -0.25) is 5.10 Å². The molecule has 0 saturated carbocycles. The fraction of sp³-hybridized carbons (Fsp3) is 0.615. The number of hydrogen-bond acceptors (Lipinski definition) is 6. The third-order valence-electron chi connectivity index (χ3n) is 3.03. The number of methoxy groups -OCH3 is 1. The normalized spacial score (nSPS) is 10.9. The lowest BCUT2D eigenvalue weighted by atomic mass is 10.3. The molecule has 0 aromatic carbocycles. The van der Waals surface area contributed by atoms with Crippen LogP contribution in [0, 0.1) is 0 Å². The van der Waals surface area contributed by atoms with Crippen LogP contribution in [0.2, 0.25) is 0 Å². The zero-order valence-corrected chi connectivity index (χ0v) is 12.3. The molecule has 0 aliphatic rings. The molecule has 2 aromatic rings. The quantitative estimate of drug-likeness (QED) is 0.715. The van der Waals surface area contributed by atoms with Crippen LogP contribution >= 0.6 is 0 Å². The van der Waals surface area contributed by atoms with Crippen molar-refractivity contribution < 1.29 is 4.74 Å². The molecule has 2 heterocycles. The molecule has 0 saturated heterocycles. The molecule has 2 N–H and O–H groups in total.